The number of nitrogens with two attached hydrogens (primary N) is 1. The van der Waals surface area contributed by atoms with E-state index < -0.39 is 0 Å². The van der Waals surface area contributed by atoms with Gasteiger partial charge in [-0.3, -0.25) is 4.98 Å². The summed E-state index contributed by atoms with van der Waals surface area (Å²) in [5.41, 5.74) is 8.78. The Bertz CT molecular complexity index is 396. The highest BCUT2D eigenvalue weighted by molar-refractivity contribution is 5.78. The van der Waals surface area contributed by atoms with Crippen LogP contribution in [0.3, 0.4) is 0 Å². The van der Waals surface area contributed by atoms with Gasteiger partial charge in [-0.15, -0.1) is 0 Å². The van der Waals surface area contributed by atoms with Crippen LogP contribution in [0.15, 0.2) is 35.5 Å². The van der Waals surface area contributed by atoms with Gasteiger partial charge in [-0.25, -0.2) is 4.99 Å². The molecule has 0 unspecified atom stereocenters. The number of hydrogen-bond donors (Lipinski definition) is 2. The second-order valence-electron chi connectivity index (χ2n) is 3.78. The molecule has 0 fully saturated rings. The molecular formula is C12H18N4. The van der Waals surface area contributed by atoms with Crippen molar-refractivity contribution in [1.82, 2.24) is 10.3 Å². The molecule has 0 atom stereocenters. The van der Waals surface area contributed by atoms with Gasteiger partial charge < -0.3 is 11.1 Å². The Morgan fingerprint density at radius 2 is 2.38 bits per heavy atom. The summed E-state index contributed by atoms with van der Waals surface area (Å²) in [7, 11) is 0. The molecule has 1 aromatic heterocycles. The van der Waals surface area contributed by atoms with Crippen LogP contribution in [0, 0.1) is 6.92 Å². The zero-order valence-electron chi connectivity index (χ0n) is 9.83. The molecule has 0 aliphatic heterocycles. The lowest BCUT2D eigenvalue weighted by Crippen LogP contribution is -2.32. The molecule has 3 N–H and O–H groups in total. The van der Waals surface area contributed by atoms with Gasteiger partial charge in [0.2, 0.25) is 0 Å². The van der Waals surface area contributed by atoms with Crippen LogP contribution in [0.1, 0.15) is 18.2 Å². The van der Waals surface area contributed by atoms with Crippen molar-refractivity contribution in [3.63, 3.8) is 0 Å². The van der Waals surface area contributed by atoms with Gasteiger partial charge in [0.25, 0.3) is 0 Å². The molecule has 0 saturated heterocycles. The van der Waals surface area contributed by atoms with Crippen LogP contribution < -0.4 is 11.1 Å². The van der Waals surface area contributed by atoms with Crippen molar-refractivity contribution in [2.75, 3.05) is 6.54 Å². The monoisotopic (exact) mass is 218 g/mol. The lowest BCUT2D eigenvalue weighted by molar-refractivity contribution is 0.914. The van der Waals surface area contributed by atoms with Gasteiger partial charge in [-0.05, 0) is 25.5 Å². The van der Waals surface area contributed by atoms with Gasteiger partial charge in [0.05, 0.1) is 12.2 Å². The van der Waals surface area contributed by atoms with E-state index in [-0.39, 0.29) is 0 Å². The molecule has 0 amide bonds. The number of rotatable bonds is 4. The number of hydrogen-bond acceptors (Lipinski definition) is 2. The third-order valence-electron chi connectivity index (χ3n) is 2.09. The zero-order valence-corrected chi connectivity index (χ0v) is 9.83. The summed E-state index contributed by atoms with van der Waals surface area (Å²) >= 11 is 0. The van der Waals surface area contributed by atoms with E-state index in [1.165, 1.54) is 0 Å². The van der Waals surface area contributed by atoms with Crippen molar-refractivity contribution in [1.29, 1.82) is 0 Å². The summed E-state index contributed by atoms with van der Waals surface area (Å²) in [6.45, 7) is 8.87. The Balaban J connectivity index is 2.52. The molecule has 0 bridgehead atoms. The topological polar surface area (TPSA) is 63.3 Å². The fourth-order valence-electron chi connectivity index (χ4n) is 1.14. The highest BCUT2D eigenvalue weighted by Crippen LogP contribution is 2.03. The minimum absolute atomic E-state index is 0.424. The Morgan fingerprint density at radius 1 is 1.62 bits per heavy atom. The second-order valence-corrected chi connectivity index (χ2v) is 3.78. The number of nitrogens with one attached hydrogen (secondary N) is 1. The van der Waals surface area contributed by atoms with E-state index >= 15 is 0 Å². The van der Waals surface area contributed by atoms with Crippen LogP contribution in [0.2, 0.25) is 0 Å². The molecular weight excluding hydrogens is 200 g/mol. The van der Waals surface area contributed by atoms with Crippen molar-refractivity contribution in [3.8, 4) is 0 Å². The first-order chi connectivity index (χ1) is 7.59. The molecule has 4 heteroatoms. The largest absolute Gasteiger partial charge is 0.370 e. The van der Waals surface area contributed by atoms with E-state index in [2.05, 4.69) is 21.9 Å². The van der Waals surface area contributed by atoms with Crippen molar-refractivity contribution >= 4 is 5.96 Å². The first-order valence-electron chi connectivity index (χ1n) is 5.18. The van der Waals surface area contributed by atoms with Gasteiger partial charge >= 0.3 is 0 Å². The lowest BCUT2D eigenvalue weighted by Gasteiger charge is -2.05. The normalized spacial score (nSPS) is 11.2. The van der Waals surface area contributed by atoms with Crippen molar-refractivity contribution in [2.24, 2.45) is 10.7 Å². The van der Waals surface area contributed by atoms with Crippen molar-refractivity contribution < 1.29 is 0 Å². The number of aromatic nitrogens is 1. The molecule has 1 aromatic rings. The number of aryl methyl sites for hydroxylation is 1. The molecule has 0 saturated carbocycles. The van der Waals surface area contributed by atoms with Crippen LogP contribution in [0.5, 0.6) is 0 Å². The number of aliphatic imine (C=N–C) groups is 1. The molecule has 0 spiro atoms. The van der Waals surface area contributed by atoms with E-state index in [0.717, 1.165) is 16.8 Å². The number of nitrogens with zero attached hydrogens (tertiary/aromatic N) is 2. The quantitative estimate of drug-likeness (QED) is 0.456. The maximum atomic E-state index is 5.69. The predicted molar refractivity (Wildman–Crippen MR) is 67.1 cm³/mol. The fraction of sp³-hybridized carbons (Fsp3) is 0.333. The van der Waals surface area contributed by atoms with Crippen LogP contribution in [-0.2, 0) is 6.54 Å². The third kappa shape index (κ3) is 4.13. The number of guanidine groups is 1. The van der Waals surface area contributed by atoms with E-state index in [9.17, 15) is 0 Å². The summed E-state index contributed by atoms with van der Waals surface area (Å²) in [4.78, 5) is 8.44. The van der Waals surface area contributed by atoms with Gasteiger partial charge in [0, 0.05) is 12.7 Å². The Kier molecular flexibility index (Phi) is 4.51. The molecule has 86 valence electrons. The standard InChI is InChI=1S/C12H18N4/c1-9(2)7-15-12(13)16-8-11-10(3)5-4-6-14-11/h4-6H,1,7-8H2,2-3H3,(H3,13,15,16). The van der Waals surface area contributed by atoms with Crippen LogP contribution in [0.25, 0.3) is 0 Å². The van der Waals surface area contributed by atoms with Crippen molar-refractivity contribution in [2.45, 2.75) is 20.4 Å². The van der Waals surface area contributed by atoms with Crippen LogP contribution in [0.4, 0.5) is 0 Å². The molecule has 1 rings (SSSR count). The van der Waals surface area contributed by atoms with Gasteiger partial charge in [-0.2, -0.15) is 0 Å². The molecule has 1 heterocycles. The first kappa shape index (κ1) is 12.2. The van der Waals surface area contributed by atoms with Gasteiger partial charge in [0.15, 0.2) is 5.96 Å². The zero-order chi connectivity index (χ0) is 12.0. The molecule has 0 aromatic carbocycles. The lowest BCUT2D eigenvalue weighted by atomic mass is 10.2. The summed E-state index contributed by atoms with van der Waals surface area (Å²) in [6.07, 6.45) is 1.76. The summed E-state index contributed by atoms with van der Waals surface area (Å²) in [5.74, 6) is 0.424. The van der Waals surface area contributed by atoms with E-state index in [1.807, 2.05) is 26.0 Å². The van der Waals surface area contributed by atoms with Gasteiger partial charge in [0.1, 0.15) is 0 Å². The van der Waals surface area contributed by atoms with E-state index in [1.54, 1.807) is 6.20 Å². The molecule has 0 aliphatic carbocycles. The minimum atomic E-state index is 0.424. The SMILES string of the molecule is C=C(C)CNC(N)=NCc1ncccc1C. The summed E-state index contributed by atoms with van der Waals surface area (Å²) in [6, 6.07) is 3.92. The predicted octanol–water partition coefficient (Wildman–Crippen LogP) is 1.37. The Labute approximate surface area is 96.3 Å². The maximum absolute atomic E-state index is 5.69. The highest BCUT2D eigenvalue weighted by atomic mass is 15.1. The smallest absolute Gasteiger partial charge is 0.189 e. The average molecular weight is 218 g/mol. The van der Waals surface area contributed by atoms with E-state index in [4.69, 9.17) is 5.73 Å². The van der Waals surface area contributed by atoms with Crippen LogP contribution >= 0.6 is 0 Å². The van der Waals surface area contributed by atoms with Crippen molar-refractivity contribution in [3.05, 3.63) is 41.7 Å². The average Bonchev–Trinajstić information content (AvgIpc) is 2.25. The maximum Gasteiger partial charge on any atom is 0.189 e. The Hall–Kier alpha value is -1.84. The highest BCUT2D eigenvalue weighted by Gasteiger charge is 1.97. The molecule has 16 heavy (non-hydrogen) atoms. The third-order valence-corrected chi connectivity index (χ3v) is 2.09. The summed E-state index contributed by atoms with van der Waals surface area (Å²) in [5, 5.41) is 2.97. The Morgan fingerprint density at radius 3 is 3.00 bits per heavy atom. The number of pyridine rings is 1. The second kappa shape index (κ2) is 5.90. The summed E-state index contributed by atoms with van der Waals surface area (Å²) < 4.78 is 0. The molecule has 0 radical (unpaired) electrons. The fourth-order valence-corrected chi connectivity index (χ4v) is 1.14. The van der Waals surface area contributed by atoms with Gasteiger partial charge in [-0.1, -0.05) is 18.2 Å². The van der Waals surface area contributed by atoms with Crippen LogP contribution in [-0.4, -0.2) is 17.5 Å². The molecule has 4 nitrogen and oxygen atoms in total. The first-order valence-corrected chi connectivity index (χ1v) is 5.18. The minimum Gasteiger partial charge on any atom is -0.370 e. The van der Waals surface area contributed by atoms with E-state index in [0.29, 0.717) is 19.0 Å². The molecule has 0 aliphatic rings.